The number of hydrogen-bond donors (Lipinski definition) is 2. The van der Waals surface area contributed by atoms with E-state index in [1.165, 1.54) is 6.07 Å². The van der Waals surface area contributed by atoms with E-state index in [9.17, 15) is 13.6 Å². The van der Waals surface area contributed by atoms with Crippen molar-refractivity contribution >= 4 is 27.5 Å². The molecule has 0 bridgehead atoms. The molecule has 6 heteroatoms. The number of nitrogens with one attached hydrogen (secondary N) is 2. The smallest absolute Gasteiger partial charge is 0.238 e. The molecule has 17 heavy (non-hydrogen) atoms. The number of carbonyl (C=O) groups excluding carboxylic acids is 1. The van der Waals surface area contributed by atoms with Crippen molar-refractivity contribution in [2.75, 3.05) is 11.9 Å². The van der Waals surface area contributed by atoms with Gasteiger partial charge in [-0.1, -0.05) is 0 Å². The molecule has 0 spiro atoms. The maximum absolute atomic E-state index is 13.3. The number of carbonyl (C=O) groups is 1. The van der Waals surface area contributed by atoms with Gasteiger partial charge in [-0.25, -0.2) is 8.78 Å². The highest BCUT2D eigenvalue weighted by molar-refractivity contribution is 9.10. The SMILES string of the molecule is O=C(CNC1CC1)Nc1cc(Br)c(F)cc1F. The first-order valence-electron chi connectivity index (χ1n) is 5.24. The standard InChI is InChI=1S/C11H11BrF2N2O/c12-7-3-10(9(14)4-8(7)13)16-11(17)5-15-6-1-2-6/h3-4,6,15H,1-2,5H2,(H,16,17). The largest absolute Gasteiger partial charge is 0.322 e. The molecule has 0 saturated heterocycles. The van der Waals surface area contributed by atoms with E-state index in [1.54, 1.807) is 0 Å². The van der Waals surface area contributed by atoms with E-state index < -0.39 is 11.6 Å². The lowest BCUT2D eigenvalue weighted by Crippen LogP contribution is -2.29. The predicted molar refractivity (Wildman–Crippen MR) is 63.7 cm³/mol. The van der Waals surface area contributed by atoms with Gasteiger partial charge < -0.3 is 10.6 Å². The molecule has 1 aromatic rings. The number of halogens is 3. The van der Waals surface area contributed by atoms with Gasteiger partial charge in [0.25, 0.3) is 0 Å². The molecule has 1 aromatic carbocycles. The second-order valence-corrected chi connectivity index (χ2v) is 4.80. The Balaban J connectivity index is 1.96. The summed E-state index contributed by atoms with van der Waals surface area (Å²) in [5.74, 6) is -1.82. The molecular formula is C11H11BrF2N2O. The third-order valence-electron chi connectivity index (χ3n) is 2.41. The summed E-state index contributed by atoms with van der Waals surface area (Å²) >= 11 is 2.93. The second-order valence-electron chi connectivity index (χ2n) is 3.95. The molecule has 92 valence electrons. The van der Waals surface area contributed by atoms with Gasteiger partial charge in [-0.05, 0) is 34.8 Å². The summed E-state index contributed by atoms with van der Waals surface area (Å²) < 4.78 is 26.4. The lowest BCUT2D eigenvalue weighted by atomic mass is 10.3. The fourth-order valence-electron chi connectivity index (χ4n) is 1.34. The fraction of sp³-hybridized carbons (Fsp3) is 0.364. The third kappa shape index (κ3) is 3.47. The molecule has 1 amide bonds. The van der Waals surface area contributed by atoms with Gasteiger partial charge in [0.1, 0.15) is 11.6 Å². The fourth-order valence-corrected chi connectivity index (χ4v) is 1.68. The molecular weight excluding hydrogens is 294 g/mol. The van der Waals surface area contributed by atoms with Gasteiger partial charge in [-0.15, -0.1) is 0 Å². The molecule has 1 aliphatic carbocycles. The number of rotatable bonds is 4. The van der Waals surface area contributed by atoms with Crippen LogP contribution in [0.25, 0.3) is 0 Å². The van der Waals surface area contributed by atoms with Crippen molar-refractivity contribution in [3.8, 4) is 0 Å². The molecule has 0 atom stereocenters. The highest BCUT2D eigenvalue weighted by Crippen LogP contribution is 2.23. The first kappa shape index (κ1) is 12.4. The van der Waals surface area contributed by atoms with Crippen LogP contribution in [-0.2, 0) is 4.79 Å². The average Bonchev–Trinajstić information content (AvgIpc) is 3.07. The Hall–Kier alpha value is -1.01. The molecule has 0 unspecified atom stereocenters. The van der Waals surface area contributed by atoms with Crippen LogP contribution in [0.4, 0.5) is 14.5 Å². The molecule has 1 fully saturated rings. The number of amides is 1. The van der Waals surface area contributed by atoms with Crippen molar-refractivity contribution in [3.05, 3.63) is 28.2 Å². The maximum Gasteiger partial charge on any atom is 0.238 e. The summed E-state index contributed by atoms with van der Waals surface area (Å²) in [6.45, 7) is 0.138. The number of anilines is 1. The Morgan fingerprint density at radius 2 is 2.06 bits per heavy atom. The predicted octanol–water partition coefficient (Wildman–Crippen LogP) is 2.42. The van der Waals surface area contributed by atoms with Crippen molar-refractivity contribution < 1.29 is 13.6 Å². The van der Waals surface area contributed by atoms with E-state index in [0.29, 0.717) is 6.04 Å². The Kier molecular flexibility index (Phi) is 3.73. The van der Waals surface area contributed by atoms with Crippen LogP contribution in [-0.4, -0.2) is 18.5 Å². The molecule has 0 aromatic heterocycles. The Bertz CT molecular complexity index is 449. The van der Waals surface area contributed by atoms with E-state index >= 15 is 0 Å². The van der Waals surface area contributed by atoms with E-state index in [1.807, 2.05) is 0 Å². The molecule has 0 aliphatic heterocycles. The molecule has 0 heterocycles. The van der Waals surface area contributed by atoms with E-state index in [4.69, 9.17) is 0 Å². The molecule has 1 saturated carbocycles. The summed E-state index contributed by atoms with van der Waals surface area (Å²) in [6.07, 6.45) is 2.15. The summed E-state index contributed by atoms with van der Waals surface area (Å²) in [6, 6.07) is 2.35. The third-order valence-corrected chi connectivity index (χ3v) is 3.02. The monoisotopic (exact) mass is 304 g/mol. The van der Waals surface area contributed by atoms with E-state index in [0.717, 1.165) is 18.9 Å². The molecule has 2 N–H and O–H groups in total. The number of hydrogen-bond acceptors (Lipinski definition) is 2. The highest BCUT2D eigenvalue weighted by Gasteiger charge is 2.21. The van der Waals surface area contributed by atoms with Gasteiger partial charge in [0.2, 0.25) is 5.91 Å². The maximum atomic E-state index is 13.3. The average molecular weight is 305 g/mol. The quantitative estimate of drug-likeness (QED) is 0.839. The van der Waals surface area contributed by atoms with Gasteiger partial charge in [-0.2, -0.15) is 0 Å². The van der Waals surface area contributed by atoms with Crippen molar-refractivity contribution in [2.24, 2.45) is 0 Å². The minimum absolute atomic E-state index is 0.0270. The Morgan fingerprint density at radius 3 is 2.71 bits per heavy atom. The van der Waals surface area contributed by atoms with Gasteiger partial charge >= 0.3 is 0 Å². The lowest BCUT2D eigenvalue weighted by molar-refractivity contribution is -0.115. The van der Waals surface area contributed by atoms with Crippen LogP contribution < -0.4 is 10.6 Å². The molecule has 3 nitrogen and oxygen atoms in total. The highest BCUT2D eigenvalue weighted by atomic mass is 79.9. The van der Waals surface area contributed by atoms with Crippen LogP contribution in [0.15, 0.2) is 16.6 Å². The first-order valence-corrected chi connectivity index (χ1v) is 6.03. The normalized spacial score (nSPS) is 14.8. The van der Waals surface area contributed by atoms with E-state index in [-0.39, 0.29) is 22.6 Å². The van der Waals surface area contributed by atoms with Crippen LogP contribution in [0, 0.1) is 11.6 Å². The van der Waals surface area contributed by atoms with Crippen LogP contribution in [0.5, 0.6) is 0 Å². The summed E-state index contributed by atoms with van der Waals surface area (Å²) in [5.41, 5.74) is -0.0270. The van der Waals surface area contributed by atoms with Crippen LogP contribution in [0.3, 0.4) is 0 Å². The van der Waals surface area contributed by atoms with Crippen molar-refractivity contribution in [1.82, 2.24) is 5.32 Å². The zero-order valence-corrected chi connectivity index (χ0v) is 10.5. The van der Waals surface area contributed by atoms with E-state index in [2.05, 4.69) is 26.6 Å². The van der Waals surface area contributed by atoms with Crippen LogP contribution in [0.2, 0.25) is 0 Å². The minimum Gasteiger partial charge on any atom is -0.322 e. The summed E-state index contributed by atoms with van der Waals surface area (Å²) in [5, 5.41) is 5.39. The summed E-state index contributed by atoms with van der Waals surface area (Å²) in [4.78, 5) is 11.4. The van der Waals surface area contributed by atoms with Crippen molar-refractivity contribution in [3.63, 3.8) is 0 Å². The Morgan fingerprint density at radius 1 is 1.35 bits per heavy atom. The van der Waals surface area contributed by atoms with Crippen molar-refractivity contribution in [2.45, 2.75) is 18.9 Å². The summed E-state index contributed by atoms with van der Waals surface area (Å²) in [7, 11) is 0. The zero-order chi connectivity index (χ0) is 12.4. The van der Waals surface area contributed by atoms with Gasteiger partial charge in [0, 0.05) is 12.1 Å². The lowest BCUT2D eigenvalue weighted by Gasteiger charge is -2.08. The zero-order valence-electron chi connectivity index (χ0n) is 8.90. The molecule has 0 radical (unpaired) electrons. The van der Waals surface area contributed by atoms with Gasteiger partial charge in [-0.3, -0.25) is 4.79 Å². The van der Waals surface area contributed by atoms with Crippen LogP contribution in [0.1, 0.15) is 12.8 Å². The molecule has 2 rings (SSSR count). The van der Waals surface area contributed by atoms with Crippen molar-refractivity contribution in [1.29, 1.82) is 0 Å². The van der Waals surface area contributed by atoms with Gasteiger partial charge in [0.15, 0.2) is 0 Å². The second kappa shape index (κ2) is 5.10. The molecule has 1 aliphatic rings. The first-order chi connectivity index (χ1) is 8.06. The topological polar surface area (TPSA) is 41.1 Å². The minimum atomic E-state index is -0.787. The van der Waals surface area contributed by atoms with Gasteiger partial charge in [0.05, 0.1) is 16.7 Å². The number of benzene rings is 1. The van der Waals surface area contributed by atoms with Crippen LogP contribution >= 0.6 is 15.9 Å². The Labute approximate surface area is 106 Å².